The van der Waals surface area contributed by atoms with Gasteiger partial charge in [0.05, 0.1) is 12.2 Å². The maximum atomic E-state index is 5.73. The summed E-state index contributed by atoms with van der Waals surface area (Å²) in [7, 11) is 4.16. The van der Waals surface area contributed by atoms with Gasteiger partial charge in [-0.3, -0.25) is 0 Å². The van der Waals surface area contributed by atoms with Gasteiger partial charge >= 0.3 is 5.97 Å². The Morgan fingerprint density at radius 2 is 1.84 bits per heavy atom. The van der Waals surface area contributed by atoms with Crippen molar-refractivity contribution >= 4 is 9.76 Å². The van der Waals surface area contributed by atoms with Gasteiger partial charge < -0.3 is 23.4 Å². The van der Waals surface area contributed by atoms with Gasteiger partial charge in [0.15, 0.2) is 9.76 Å². The molecule has 1 saturated heterocycles. The lowest BCUT2D eigenvalue weighted by Crippen LogP contribution is -2.41. The van der Waals surface area contributed by atoms with E-state index in [1.165, 1.54) is 31.7 Å². The van der Waals surface area contributed by atoms with Crippen LogP contribution in [0, 0.1) is 5.92 Å². The van der Waals surface area contributed by atoms with Crippen molar-refractivity contribution in [2.45, 2.75) is 49.9 Å². The molecule has 19 heavy (non-hydrogen) atoms. The summed E-state index contributed by atoms with van der Waals surface area (Å²) in [6, 6.07) is 1.20. The van der Waals surface area contributed by atoms with E-state index in [0.29, 0.717) is 18.8 Å². The molecule has 112 valence electrons. The normalized spacial score (nSPS) is 30.8. The van der Waals surface area contributed by atoms with E-state index >= 15 is 0 Å². The van der Waals surface area contributed by atoms with Gasteiger partial charge in [-0.2, -0.15) is 0 Å². The Morgan fingerprint density at radius 3 is 2.47 bits per heavy atom. The Bertz CT molecular complexity index is 263. The van der Waals surface area contributed by atoms with Crippen molar-refractivity contribution in [1.82, 2.24) is 0 Å². The topological polar surface area (TPSA) is 49.5 Å². The second-order valence-electron chi connectivity index (χ2n) is 5.38. The molecule has 0 amide bonds. The lowest BCUT2D eigenvalue weighted by Gasteiger charge is -2.28. The number of hydrogen-bond donors (Lipinski definition) is 0. The highest BCUT2D eigenvalue weighted by Crippen LogP contribution is 2.40. The summed E-state index contributed by atoms with van der Waals surface area (Å²) in [5, 5.41) is 0. The lowest BCUT2D eigenvalue weighted by atomic mass is 9.88. The van der Waals surface area contributed by atoms with Crippen LogP contribution in [0.4, 0.5) is 0 Å². The van der Waals surface area contributed by atoms with Gasteiger partial charge in [0.1, 0.15) is 6.61 Å². The minimum atomic E-state index is -1.03. The van der Waals surface area contributed by atoms with Crippen LogP contribution in [0.1, 0.15) is 25.7 Å². The second kappa shape index (κ2) is 7.15. The van der Waals surface area contributed by atoms with Crippen LogP contribution in [0.5, 0.6) is 0 Å². The third kappa shape index (κ3) is 4.24. The van der Waals surface area contributed by atoms with Crippen LogP contribution in [0.2, 0.25) is 6.04 Å². The molecule has 0 aromatic rings. The quantitative estimate of drug-likeness (QED) is 0.275. The van der Waals surface area contributed by atoms with Crippen molar-refractivity contribution in [1.29, 1.82) is 0 Å². The minimum Gasteiger partial charge on any atom is -0.416 e. The zero-order valence-electron chi connectivity index (χ0n) is 12.2. The third-order valence-electron chi connectivity index (χ3n) is 4.23. The molecule has 1 aliphatic carbocycles. The maximum Gasteiger partial charge on any atom is 0.305 e. The molecule has 0 aromatic heterocycles. The van der Waals surface area contributed by atoms with Crippen LogP contribution in [0.25, 0.3) is 0 Å². The van der Waals surface area contributed by atoms with Crippen LogP contribution in [0.15, 0.2) is 0 Å². The molecule has 0 radical (unpaired) electrons. The molecule has 2 fully saturated rings. The fourth-order valence-electron chi connectivity index (χ4n) is 2.85. The summed E-state index contributed by atoms with van der Waals surface area (Å²) in [4.78, 5) is 0. The molecule has 6 heteroatoms. The molecule has 0 N–H and O–H groups in total. The summed E-state index contributed by atoms with van der Waals surface area (Å²) >= 11 is 0. The fourth-order valence-corrected chi connectivity index (χ4v) is 4.19. The summed E-state index contributed by atoms with van der Waals surface area (Å²) < 4.78 is 26.9. The van der Waals surface area contributed by atoms with E-state index < -0.39 is 15.7 Å². The summed E-state index contributed by atoms with van der Waals surface area (Å²) in [6.07, 6.45) is 6.32. The van der Waals surface area contributed by atoms with Crippen LogP contribution >= 0.6 is 0 Å². The largest absolute Gasteiger partial charge is 0.416 e. The average Bonchev–Trinajstić information content (AvgIpc) is 3.22. The highest BCUT2D eigenvalue weighted by molar-refractivity contribution is 6.27. The molecule has 2 aliphatic rings. The van der Waals surface area contributed by atoms with Crippen molar-refractivity contribution < 1.29 is 23.4 Å². The monoisotopic (exact) mass is 290 g/mol. The summed E-state index contributed by atoms with van der Waals surface area (Å²) in [5.41, 5.74) is 0. The number of rotatable bonds is 9. The molecule has 3 unspecified atom stereocenters. The fraction of sp³-hybridized carbons (Fsp3) is 1.00. The summed E-state index contributed by atoms with van der Waals surface area (Å²) in [6.45, 7) is 0.348. The molecule has 1 saturated carbocycles. The molecule has 0 spiro atoms. The van der Waals surface area contributed by atoms with Gasteiger partial charge in [0.25, 0.3) is 0 Å². The van der Waals surface area contributed by atoms with E-state index in [0.717, 1.165) is 5.92 Å². The Kier molecular flexibility index (Phi) is 5.80. The van der Waals surface area contributed by atoms with Crippen molar-refractivity contribution in [3.8, 4) is 0 Å². The molecular formula is C13H26O5Si. The second-order valence-corrected chi connectivity index (χ2v) is 6.91. The van der Waals surface area contributed by atoms with Crippen molar-refractivity contribution in [3.05, 3.63) is 0 Å². The first-order valence-corrected chi connectivity index (χ1v) is 8.69. The zero-order valence-corrected chi connectivity index (χ0v) is 13.6. The molecule has 0 aromatic carbocycles. The maximum absolute atomic E-state index is 5.73. The van der Waals surface area contributed by atoms with E-state index in [4.69, 9.17) is 23.4 Å². The van der Waals surface area contributed by atoms with Crippen LogP contribution in [-0.2, 0) is 23.4 Å². The third-order valence-corrected chi connectivity index (χ3v) is 5.42. The SMILES string of the molecule is COC(CO[SiH2]CCC1CCC2OC2C1)(OC)OC. The van der Waals surface area contributed by atoms with E-state index in [1.807, 2.05) is 0 Å². The van der Waals surface area contributed by atoms with E-state index in [1.54, 1.807) is 21.3 Å². The van der Waals surface area contributed by atoms with E-state index in [-0.39, 0.29) is 0 Å². The Hall–Kier alpha value is 0.0169. The minimum absolute atomic E-state index is 0.348. The highest BCUT2D eigenvalue weighted by Gasteiger charge is 2.43. The van der Waals surface area contributed by atoms with Crippen LogP contribution in [-0.4, -0.2) is 55.9 Å². The number of methoxy groups -OCH3 is 3. The van der Waals surface area contributed by atoms with Gasteiger partial charge in [-0.1, -0.05) is 6.42 Å². The molecular weight excluding hydrogens is 264 g/mol. The molecule has 0 bridgehead atoms. The molecule has 2 rings (SSSR count). The zero-order chi connectivity index (χ0) is 13.7. The van der Waals surface area contributed by atoms with Gasteiger partial charge in [-0.25, -0.2) is 0 Å². The number of hydrogen-bond acceptors (Lipinski definition) is 5. The number of fused-ring (bicyclic) bond motifs is 1. The van der Waals surface area contributed by atoms with Crippen molar-refractivity contribution in [2.24, 2.45) is 5.92 Å². The van der Waals surface area contributed by atoms with E-state index in [2.05, 4.69) is 0 Å². The predicted octanol–water partition coefficient (Wildman–Crippen LogP) is 1.06. The average molecular weight is 290 g/mol. The lowest BCUT2D eigenvalue weighted by molar-refractivity contribution is -0.361. The van der Waals surface area contributed by atoms with E-state index in [9.17, 15) is 0 Å². The van der Waals surface area contributed by atoms with Crippen LogP contribution < -0.4 is 0 Å². The van der Waals surface area contributed by atoms with Gasteiger partial charge in [0.2, 0.25) is 0 Å². The number of ether oxygens (including phenoxy) is 4. The van der Waals surface area contributed by atoms with Gasteiger partial charge in [-0.05, 0) is 31.2 Å². The van der Waals surface area contributed by atoms with Crippen molar-refractivity contribution in [2.75, 3.05) is 27.9 Å². The Morgan fingerprint density at radius 1 is 1.11 bits per heavy atom. The van der Waals surface area contributed by atoms with Crippen LogP contribution in [0.3, 0.4) is 0 Å². The molecule has 1 heterocycles. The first-order valence-electron chi connectivity index (χ1n) is 7.11. The molecule has 3 atom stereocenters. The first kappa shape index (κ1) is 15.4. The number of epoxide rings is 1. The predicted molar refractivity (Wildman–Crippen MR) is 73.7 cm³/mol. The Labute approximate surface area is 117 Å². The molecule has 5 nitrogen and oxygen atoms in total. The first-order chi connectivity index (χ1) is 9.23. The standard InChI is InChI=1S/C13H26O5Si/c1-14-13(15-2,16-3)9-17-19-7-6-10-4-5-11-12(8-10)18-11/h10-12H,4-9,19H2,1-3H3. The molecule has 1 aliphatic heterocycles. The summed E-state index contributed by atoms with van der Waals surface area (Å²) in [5.74, 6) is -0.190. The van der Waals surface area contributed by atoms with Gasteiger partial charge in [0, 0.05) is 21.3 Å². The highest BCUT2D eigenvalue weighted by atomic mass is 28.2. The van der Waals surface area contributed by atoms with Gasteiger partial charge in [-0.15, -0.1) is 0 Å². The smallest absolute Gasteiger partial charge is 0.305 e. The van der Waals surface area contributed by atoms with Crippen molar-refractivity contribution in [3.63, 3.8) is 0 Å². The Balaban J connectivity index is 1.53.